The first-order valence-corrected chi connectivity index (χ1v) is 7.74. The largest absolute Gasteiger partial charge is 0.298 e. The van der Waals surface area contributed by atoms with E-state index in [-0.39, 0.29) is 20.2 Å². The Bertz CT molecular complexity index is 425. The molecule has 106 valence electrons. The smallest absolute Gasteiger partial charge is 0.246 e. The van der Waals surface area contributed by atoms with Crippen LogP contribution in [0.1, 0.15) is 32.3 Å². The average Bonchev–Trinajstić information content (AvgIpc) is 2.38. The molecule has 2 atom stereocenters. The van der Waals surface area contributed by atoms with Crippen LogP contribution in [0.25, 0.3) is 0 Å². The SMILES string of the molecule is [B]C(CC(=O)[C@H](Cc1ccccc1)NP=O)CC(C)C. The summed E-state index contributed by atoms with van der Waals surface area (Å²) < 4.78 is 10.8. The number of Topliss-reactive ketones (excluding diaryl/α,β-unsaturated/α-hetero) is 1. The lowest BCUT2D eigenvalue weighted by Crippen LogP contribution is -2.34. The first kappa shape index (κ1) is 17.1. The summed E-state index contributed by atoms with van der Waals surface area (Å²) in [6.45, 7) is 4.17. The second-order valence-electron chi connectivity index (χ2n) is 5.52. The van der Waals surface area contributed by atoms with Crippen molar-refractivity contribution in [2.45, 2.75) is 45.0 Å². The summed E-state index contributed by atoms with van der Waals surface area (Å²) in [6, 6.07) is 9.25. The third-order valence-corrected chi connectivity index (χ3v) is 3.53. The van der Waals surface area contributed by atoms with Gasteiger partial charge in [-0.25, -0.2) is 5.09 Å². The zero-order valence-electron chi connectivity index (χ0n) is 12.1. The van der Waals surface area contributed by atoms with Gasteiger partial charge in [0.1, 0.15) is 5.78 Å². The third-order valence-electron chi connectivity index (χ3n) is 3.12. The van der Waals surface area contributed by atoms with E-state index in [4.69, 9.17) is 7.85 Å². The van der Waals surface area contributed by atoms with Gasteiger partial charge >= 0.3 is 0 Å². The molecule has 0 bridgehead atoms. The maximum absolute atomic E-state index is 12.2. The lowest BCUT2D eigenvalue weighted by atomic mass is 9.76. The number of ketones is 1. The van der Waals surface area contributed by atoms with Crippen molar-refractivity contribution in [1.29, 1.82) is 0 Å². The van der Waals surface area contributed by atoms with E-state index < -0.39 is 6.04 Å². The van der Waals surface area contributed by atoms with E-state index in [0.29, 0.717) is 18.8 Å². The predicted octanol–water partition coefficient (Wildman–Crippen LogP) is 3.36. The van der Waals surface area contributed by atoms with Crippen LogP contribution >= 0.6 is 8.61 Å². The number of carbonyl (C=O) groups is 1. The molecule has 0 saturated carbocycles. The van der Waals surface area contributed by atoms with E-state index in [0.717, 1.165) is 12.0 Å². The summed E-state index contributed by atoms with van der Waals surface area (Å²) in [5.41, 5.74) is 1.04. The van der Waals surface area contributed by atoms with Crippen LogP contribution in [0.5, 0.6) is 0 Å². The highest BCUT2D eigenvalue weighted by Gasteiger charge is 2.20. The van der Waals surface area contributed by atoms with Crippen molar-refractivity contribution >= 4 is 22.2 Å². The van der Waals surface area contributed by atoms with Gasteiger partial charge in [-0.1, -0.05) is 56.4 Å². The molecule has 0 spiro atoms. The van der Waals surface area contributed by atoms with Gasteiger partial charge in [0.25, 0.3) is 0 Å². The zero-order valence-corrected chi connectivity index (χ0v) is 13.0. The van der Waals surface area contributed by atoms with Gasteiger partial charge in [-0.2, -0.15) is 0 Å². The summed E-state index contributed by atoms with van der Waals surface area (Å²) in [4.78, 5) is 12.2. The van der Waals surface area contributed by atoms with E-state index in [9.17, 15) is 9.36 Å². The Morgan fingerprint density at radius 2 is 1.95 bits per heavy atom. The van der Waals surface area contributed by atoms with Crippen LogP contribution < -0.4 is 5.09 Å². The van der Waals surface area contributed by atoms with Gasteiger partial charge in [-0.3, -0.25) is 9.36 Å². The van der Waals surface area contributed by atoms with Crippen molar-refractivity contribution in [3.63, 3.8) is 0 Å². The van der Waals surface area contributed by atoms with Crippen molar-refractivity contribution in [2.24, 2.45) is 5.92 Å². The molecule has 1 aromatic carbocycles. The fourth-order valence-corrected chi connectivity index (χ4v) is 2.60. The van der Waals surface area contributed by atoms with Crippen molar-refractivity contribution < 1.29 is 9.36 Å². The minimum absolute atomic E-state index is 0.0188. The molecule has 1 rings (SSSR count). The van der Waals surface area contributed by atoms with Gasteiger partial charge in [0.05, 0.1) is 13.9 Å². The zero-order chi connectivity index (χ0) is 15.0. The molecule has 0 aliphatic rings. The summed E-state index contributed by atoms with van der Waals surface area (Å²) in [5, 5.41) is 2.70. The Morgan fingerprint density at radius 3 is 2.50 bits per heavy atom. The van der Waals surface area contributed by atoms with Crippen LogP contribution in [0.3, 0.4) is 0 Å². The summed E-state index contributed by atoms with van der Waals surface area (Å²) in [6.07, 6.45) is 1.67. The molecular weight excluding hydrogens is 268 g/mol. The summed E-state index contributed by atoms with van der Waals surface area (Å²) >= 11 is 0. The number of hydrogen-bond acceptors (Lipinski definition) is 2. The molecule has 0 heterocycles. The minimum atomic E-state index is -0.449. The number of nitrogens with one attached hydrogen (secondary N) is 1. The molecule has 0 aliphatic carbocycles. The van der Waals surface area contributed by atoms with E-state index in [2.05, 4.69) is 18.9 Å². The lowest BCUT2D eigenvalue weighted by molar-refractivity contribution is -0.120. The van der Waals surface area contributed by atoms with E-state index >= 15 is 0 Å². The second-order valence-corrected chi connectivity index (χ2v) is 5.96. The molecule has 3 nitrogen and oxygen atoms in total. The van der Waals surface area contributed by atoms with Gasteiger partial charge < -0.3 is 0 Å². The summed E-state index contributed by atoms with van der Waals surface area (Å²) in [7, 11) is 5.75. The molecule has 0 amide bonds. The van der Waals surface area contributed by atoms with Gasteiger partial charge in [-0.05, 0) is 17.9 Å². The Labute approximate surface area is 124 Å². The monoisotopic (exact) mass is 289 g/mol. The Morgan fingerprint density at radius 1 is 1.30 bits per heavy atom. The van der Waals surface area contributed by atoms with Crippen LogP contribution in [0.15, 0.2) is 30.3 Å². The molecule has 20 heavy (non-hydrogen) atoms. The fourth-order valence-electron chi connectivity index (χ4n) is 2.23. The van der Waals surface area contributed by atoms with Crippen molar-refractivity contribution in [3.8, 4) is 0 Å². The van der Waals surface area contributed by atoms with Crippen LogP contribution in [0.4, 0.5) is 0 Å². The molecule has 2 radical (unpaired) electrons. The average molecular weight is 289 g/mol. The van der Waals surface area contributed by atoms with Gasteiger partial charge in [0.15, 0.2) is 0 Å². The summed E-state index contributed by atoms with van der Waals surface area (Å²) in [5.74, 6) is 0.354. The molecule has 1 unspecified atom stereocenters. The fraction of sp³-hybridized carbons (Fsp3) is 0.533. The standard InChI is InChI=1S/C15H21BNO2P/c1-11(2)8-13(16)10-15(18)14(17-20-19)9-12-6-4-3-5-7-12/h3-7,11,13-14H,8-10H2,1-2H3,(H,17,19)/t13?,14-/m0/s1. The third kappa shape index (κ3) is 6.45. The Hall–Kier alpha value is -0.985. The van der Waals surface area contributed by atoms with Crippen LogP contribution in [0.2, 0.25) is 5.82 Å². The molecule has 5 heteroatoms. The molecule has 0 aliphatic heterocycles. The van der Waals surface area contributed by atoms with Crippen LogP contribution in [-0.2, 0) is 15.8 Å². The van der Waals surface area contributed by atoms with Gasteiger partial charge in [-0.15, -0.1) is 0 Å². The van der Waals surface area contributed by atoms with Crippen molar-refractivity contribution in [1.82, 2.24) is 5.09 Å². The highest BCUT2D eigenvalue weighted by molar-refractivity contribution is 7.21. The molecule has 0 saturated heterocycles. The first-order valence-electron chi connectivity index (χ1n) is 6.93. The van der Waals surface area contributed by atoms with E-state index in [1.807, 2.05) is 30.3 Å². The quantitative estimate of drug-likeness (QED) is 0.560. The van der Waals surface area contributed by atoms with Crippen molar-refractivity contribution in [2.75, 3.05) is 0 Å². The number of benzene rings is 1. The van der Waals surface area contributed by atoms with E-state index in [1.165, 1.54) is 0 Å². The molecule has 1 N–H and O–H groups in total. The topological polar surface area (TPSA) is 46.2 Å². The predicted molar refractivity (Wildman–Crippen MR) is 83.3 cm³/mol. The normalized spacial score (nSPS) is 14.3. The van der Waals surface area contributed by atoms with Gasteiger partial charge in [0.2, 0.25) is 8.61 Å². The maximum Gasteiger partial charge on any atom is 0.246 e. The second kappa shape index (κ2) is 9.04. The molecular formula is C15H21BNO2P. The minimum Gasteiger partial charge on any atom is -0.298 e. The number of carbonyl (C=O) groups excluding carboxylic acids is 1. The highest BCUT2D eigenvalue weighted by atomic mass is 31.1. The lowest BCUT2D eigenvalue weighted by Gasteiger charge is -2.18. The highest BCUT2D eigenvalue weighted by Crippen LogP contribution is 2.20. The first-order chi connectivity index (χ1) is 9.52. The van der Waals surface area contributed by atoms with Gasteiger partial charge in [0, 0.05) is 6.42 Å². The van der Waals surface area contributed by atoms with E-state index in [1.54, 1.807) is 0 Å². The molecule has 0 fully saturated rings. The number of hydrogen-bond donors (Lipinski definition) is 1. The maximum atomic E-state index is 12.2. The molecule has 0 aromatic heterocycles. The van der Waals surface area contributed by atoms with Crippen molar-refractivity contribution in [3.05, 3.63) is 35.9 Å². The van der Waals surface area contributed by atoms with Crippen LogP contribution in [0, 0.1) is 5.92 Å². The Kier molecular flexibility index (Phi) is 7.72. The molecule has 1 aromatic rings. The number of rotatable bonds is 9. The Balaban J connectivity index is 2.60. The van der Waals surface area contributed by atoms with Crippen LogP contribution in [-0.4, -0.2) is 19.7 Å².